The van der Waals surface area contributed by atoms with Crippen molar-refractivity contribution in [1.29, 1.82) is 0 Å². The van der Waals surface area contributed by atoms with Crippen LogP contribution in [0.3, 0.4) is 0 Å². The first-order chi connectivity index (χ1) is 18.2. The zero-order valence-corrected chi connectivity index (χ0v) is 25.4. The van der Waals surface area contributed by atoms with Crippen LogP contribution in [0.25, 0.3) is 5.82 Å². The average molecular weight is 552 g/mol. The molecule has 210 valence electrons. The van der Waals surface area contributed by atoms with Gasteiger partial charge in [-0.25, -0.2) is 9.67 Å². The van der Waals surface area contributed by atoms with Gasteiger partial charge < -0.3 is 9.64 Å². The lowest BCUT2D eigenvalue weighted by Crippen LogP contribution is -2.40. The molecule has 1 amide bonds. The first-order valence-electron chi connectivity index (χ1n) is 13.7. The van der Waals surface area contributed by atoms with E-state index in [0.29, 0.717) is 41.5 Å². The Morgan fingerprint density at radius 3 is 2.44 bits per heavy atom. The van der Waals surface area contributed by atoms with Gasteiger partial charge in [-0.15, -0.1) is 5.10 Å². The van der Waals surface area contributed by atoms with Crippen LogP contribution >= 0.6 is 11.9 Å². The number of hydrogen-bond donors (Lipinski definition) is 1. The van der Waals surface area contributed by atoms with Crippen LogP contribution < -0.4 is 14.4 Å². The number of ether oxygens (including phenoxy) is 1. The van der Waals surface area contributed by atoms with Crippen LogP contribution in [0.5, 0.6) is 5.88 Å². The average Bonchev–Trinajstić information content (AvgIpc) is 3.35. The van der Waals surface area contributed by atoms with Gasteiger partial charge in [0, 0.05) is 43.5 Å². The molecule has 1 atom stereocenters. The molecule has 1 aliphatic carbocycles. The molecule has 3 aromatic rings. The van der Waals surface area contributed by atoms with E-state index in [0.717, 1.165) is 23.6 Å². The molecule has 3 aromatic heterocycles. The van der Waals surface area contributed by atoms with Gasteiger partial charge in [-0.2, -0.15) is 5.10 Å². The molecule has 39 heavy (non-hydrogen) atoms. The van der Waals surface area contributed by atoms with Gasteiger partial charge in [0.1, 0.15) is 5.82 Å². The van der Waals surface area contributed by atoms with Crippen molar-refractivity contribution in [2.45, 2.75) is 72.2 Å². The smallest absolute Gasteiger partial charge is 0.265 e. The summed E-state index contributed by atoms with van der Waals surface area (Å²) in [5.74, 6) is 2.69. The van der Waals surface area contributed by atoms with E-state index in [1.54, 1.807) is 9.36 Å². The van der Waals surface area contributed by atoms with E-state index < -0.39 is 0 Å². The van der Waals surface area contributed by atoms with Crippen LogP contribution in [0.1, 0.15) is 70.9 Å². The van der Waals surface area contributed by atoms with Gasteiger partial charge in [0.15, 0.2) is 5.82 Å². The number of nitrogens with zero attached hydrogens (tertiary/aromatic N) is 6. The third-order valence-corrected chi connectivity index (χ3v) is 10.1. The lowest BCUT2D eigenvalue weighted by Gasteiger charge is -2.34. The van der Waals surface area contributed by atoms with Gasteiger partial charge in [0.25, 0.3) is 5.91 Å². The van der Waals surface area contributed by atoms with E-state index >= 15 is 0 Å². The zero-order chi connectivity index (χ0) is 28.3. The Morgan fingerprint density at radius 2 is 1.85 bits per heavy atom. The second kappa shape index (κ2) is 9.57. The van der Waals surface area contributed by atoms with Crippen LogP contribution in [0, 0.1) is 29.6 Å². The summed E-state index contributed by atoms with van der Waals surface area (Å²) >= 11 is 1.28. The molecule has 0 spiro atoms. The molecule has 2 aliphatic rings. The van der Waals surface area contributed by atoms with Gasteiger partial charge >= 0.3 is 0 Å². The number of aromatic nitrogens is 5. The molecule has 10 heteroatoms. The Balaban J connectivity index is 1.39. The van der Waals surface area contributed by atoms with Crippen molar-refractivity contribution in [3.8, 4) is 11.7 Å². The number of hydrogen-bond acceptors (Lipinski definition) is 7. The molecule has 1 aliphatic heterocycles. The molecule has 0 unspecified atom stereocenters. The number of carbonyl (C=O) groups is 1. The maximum atomic E-state index is 13.4. The van der Waals surface area contributed by atoms with Crippen molar-refractivity contribution in [1.82, 2.24) is 29.3 Å². The zero-order valence-electron chi connectivity index (χ0n) is 24.6. The lowest BCUT2D eigenvalue weighted by atomic mass is 9.97. The fraction of sp³-hybridized carbons (Fsp3) is 0.586. The van der Waals surface area contributed by atoms with Gasteiger partial charge in [-0.3, -0.25) is 14.2 Å². The highest BCUT2D eigenvalue weighted by Gasteiger charge is 2.64. The number of nitrogens with one attached hydrogen (secondary N) is 1. The predicted molar refractivity (Wildman–Crippen MR) is 154 cm³/mol. The van der Waals surface area contributed by atoms with E-state index in [2.05, 4.69) is 68.3 Å². The van der Waals surface area contributed by atoms with E-state index in [9.17, 15) is 4.79 Å². The van der Waals surface area contributed by atoms with Crippen molar-refractivity contribution in [2.24, 2.45) is 29.7 Å². The number of amides is 1. The second-order valence-corrected chi connectivity index (χ2v) is 13.8. The quantitative estimate of drug-likeness (QED) is 0.373. The van der Waals surface area contributed by atoms with Crippen molar-refractivity contribution in [3.05, 3.63) is 41.9 Å². The minimum Gasteiger partial charge on any atom is -0.476 e. The Bertz CT molecular complexity index is 1380. The summed E-state index contributed by atoms with van der Waals surface area (Å²) in [5, 5.41) is 9.02. The highest BCUT2D eigenvalue weighted by atomic mass is 32.2. The Morgan fingerprint density at radius 1 is 1.13 bits per heavy atom. The summed E-state index contributed by atoms with van der Waals surface area (Å²) in [6, 6.07) is 5.56. The first kappa shape index (κ1) is 27.6. The molecule has 5 rings (SSSR count). The number of rotatable bonds is 8. The number of carbonyl (C=O) groups excluding carboxylic acids is 1. The summed E-state index contributed by atoms with van der Waals surface area (Å²) in [7, 11) is 1.87. The second-order valence-electron chi connectivity index (χ2n) is 13.0. The van der Waals surface area contributed by atoms with Gasteiger partial charge in [-0.1, -0.05) is 34.6 Å². The maximum Gasteiger partial charge on any atom is 0.265 e. The van der Waals surface area contributed by atoms with Crippen molar-refractivity contribution in [3.63, 3.8) is 0 Å². The molecular formula is C29H41N7O2S. The van der Waals surface area contributed by atoms with Gasteiger partial charge in [-0.05, 0) is 68.0 Å². The van der Waals surface area contributed by atoms with Crippen LogP contribution in [0.2, 0.25) is 0 Å². The number of anilines is 1. The fourth-order valence-electron chi connectivity index (χ4n) is 6.17. The summed E-state index contributed by atoms with van der Waals surface area (Å²) in [5.41, 5.74) is 1.80. The predicted octanol–water partition coefficient (Wildman–Crippen LogP) is 5.43. The molecule has 0 radical (unpaired) electrons. The maximum absolute atomic E-state index is 13.4. The molecule has 1 saturated heterocycles. The molecule has 9 nitrogen and oxygen atoms in total. The van der Waals surface area contributed by atoms with Crippen LogP contribution in [-0.4, -0.2) is 49.1 Å². The highest BCUT2D eigenvalue weighted by molar-refractivity contribution is 7.98. The summed E-state index contributed by atoms with van der Waals surface area (Å²) in [6.07, 6.45) is 4.79. The molecule has 1 saturated carbocycles. The first-order valence-corrected chi connectivity index (χ1v) is 14.5. The van der Waals surface area contributed by atoms with Crippen molar-refractivity contribution in [2.75, 3.05) is 18.1 Å². The Kier molecular flexibility index (Phi) is 6.76. The van der Waals surface area contributed by atoms with Crippen molar-refractivity contribution >= 4 is 23.7 Å². The molecular weight excluding hydrogens is 510 g/mol. The number of aryl methyl sites for hydroxylation is 2. The highest BCUT2D eigenvalue weighted by Crippen LogP contribution is 2.68. The fourth-order valence-corrected chi connectivity index (χ4v) is 6.88. The molecule has 4 heterocycles. The molecule has 0 aromatic carbocycles. The number of pyridine rings is 1. The monoisotopic (exact) mass is 551 g/mol. The van der Waals surface area contributed by atoms with E-state index in [4.69, 9.17) is 9.72 Å². The van der Waals surface area contributed by atoms with E-state index in [-0.39, 0.29) is 22.3 Å². The lowest BCUT2D eigenvalue weighted by molar-refractivity contribution is 0.0984. The third-order valence-electron chi connectivity index (χ3n) is 9.17. The Labute approximate surface area is 235 Å². The topological polar surface area (TPSA) is 90.1 Å². The Hall–Kier alpha value is -3.01. The minimum absolute atomic E-state index is 0.130. The molecule has 1 N–H and O–H groups in total. The third kappa shape index (κ3) is 5.03. The SMILES string of the molecule is Cc1nn(C)cc1SNC(=O)c1ccc(-n2ccc(OCC3C(C)(C)C3(C)C)n2)nc1N1C[C@@H](C)CC1(C)C. The normalized spacial score (nSPS) is 21.3. The van der Waals surface area contributed by atoms with Gasteiger partial charge in [0.05, 0.1) is 22.8 Å². The minimum atomic E-state index is -0.188. The largest absolute Gasteiger partial charge is 0.476 e. The van der Waals surface area contributed by atoms with Crippen LogP contribution in [0.4, 0.5) is 5.82 Å². The molecule has 0 bridgehead atoms. The van der Waals surface area contributed by atoms with Crippen LogP contribution in [0.15, 0.2) is 35.5 Å². The summed E-state index contributed by atoms with van der Waals surface area (Å²) < 4.78 is 12.6. The summed E-state index contributed by atoms with van der Waals surface area (Å²) in [4.78, 5) is 21.6. The van der Waals surface area contributed by atoms with Crippen LogP contribution in [-0.2, 0) is 7.05 Å². The summed E-state index contributed by atoms with van der Waals surface area (Å²) in [6.45, 7) is 19.2. The van der Waals surface area contributed by atoms with E-state index in [1.165, 1.54) is 11.9 Å². The van der Waals surface area contributed by atoms with E-state index in [1.807, 2.05) is 44.6 Å². The molecule has 2 fully saturated rings. The van der Waals surface area contributed by atoms with Gasteiger partial charge in [0.2, 0.25) is 5.88 Å². The van der Waals surface area contributed by atoms with Crippen molar-refractivity contribution < 1.29 is 9.53 Å². The standard InChI is InChI=1S/C29H41N7O2S/c1-18-14-27(3,4)35(15-18)25-20(26(37)33-39-21-16-34(9)31-19(21)2)10-11-23(30-25)36-13-12-24(32-36)38-17-22-28(5,6)29(22,7)8/h10-13,16,18,22H,14-15,17H2,1-9H3,(H,33,37)/t18-/m0/s1.